The molecule has 28 heavy (non-hydrogen) atoms. The summed E-state index contributed by atoms with van der Waals surface area (Å²) >= 11 is 7.39. The lowest BCUT2D eigenvalue weighted by Gasteiger charge is -2.28. The van der Waals surface area contributed by atoms with Gasteiger partial charge < -0.3 is 4.74 Å². The molecule has 0 N–H and O–H groups in total. The molecule has 0 aromatic heterocycles. The Balaban J connectivity index is 1.61. The van der Waals surface area contributed by atoms with Crippen LogP contribution in [0.1, 0.15) is 26.7 Å². The first-order valence-electron chi connectivity index (χ1n) is 9.73. The van der Waals surface area contributed by atoms with Gasteiger partial charge in [-0.1, -0.05) is 63.9 Å². The summed E-state index contributed by atoms with van der Waals surface area (Å²) in [6.45, 7) is 3.95. The third kappa shape index (κ3) is 3.15. The van der Waals surface area contributed by atoms with E-state index in [1.54, 1.807) is 24.3 Å². The molecular weight excluding hydrogens is 490 g/mol. The molecule has 2 bridgehead atoms. The molecule has 7 heteroatoms. The van der Waals surface area contributed by atoms with Crippen molar-refractivity contribution in [1.29, 1.82) is 0 Å². The minimum absolute atomic E-state index is 0.130. The molecule has 4 rings (SSSR count). The minimum atomic E-state index is -0.882. The van der Waals surface area contributed by atoms with Crippen LogP contribution in [0.25, 0.3) is 0 Å². The highest BCUT2D eigenvalue weighted by molar-refractivity contribution is 9.12. The average Bonchev–Trinajstić information content (AvgIpc) is 3.26. The van der Waals surface area contributed by atoms with E-state index in [1.165, 1.54) is 4.90 Å². The van der Waals surface area contributed by atoms with Gasteiger partial charge in [0.2, 0.25) is 11.8 Å². The van der Waals surface area contributed by atoms with Gasteiger partial charge in [0.15, 0.2) is 0 Å². The van der Waals surface area contributed by atoms with Crippen LogP contribution in [-0.4, -0.2) is 38.4 Å². The molecule has 2 amide bonds. The molecule has 2 saturated carbocycles. The number of fused-ring (bicyclic) bond motifs is 5. The number of benzene rings is 1. The molecular formula is C21H23Br2NO4. The van der Waals surface area contributed by atoms with E-state index in [-0.39, 0.29) is 51.1 Å². The number of esters is 1. The number of imide groups is 1. The summed E-state index contributed by atoms with van der Waals surface area (Å²) < 4.78 is 5.52. The number of carbonyl (C=O) groups is 3. The summed E-state index contributed by atoms with van der Waals surface area (Å²) in [4.78, 5) is 41.1. The second kappa shape index (κ2) is 7.56. The van der Waals surface area contributed by atoms with Crippen molar-refractivity contribution >= 4 is 49.6 Å². The minimum Gasteiger partial charge on any atom is -0.425 e. The highest BCUT2D eigenvalue weighted by Crippen LogP contribution is 2.60. The fourth-order valence-corrected chi connectivity index (χ4v) is 6.98. The Morgan fingerprint density at radius 2 is 1.61 bits per heavy atom. The van der Waals surface area contributed by atoms with Crippen LogP contribution in [0.4, 0.5) is 0 Å². The highest BCUT2D eigenvalue weighted by Gasteiger charge is 2.67. The maximum Gasteiger partial charge on any atom is 0.334 e. The fourth-order valence-electron chi connectivity index (χ4n) is 5.11. The second-order valence-electron chi connectivity index (χ2n) is 8.43. The maximum absolute atomic E-state index is 13.3. The topological polar surface area (TPSA) is 63.7 Å². The van der Waals surface area contributed by atoms with Gasteiger partial charge in [0, 0.05) is 9.65 Å². The number of ether oxygens (including phenoxy) is 1. The van der Waals surface area contributed by atoms with Gasteiger partial charge in [0.1, 0.15) is 11.8 Å². The van der Waals surface area contributed by atoms with Crippen molar-refractivity contribution in [3.8, 4) is 5.75 Å². The molecule has 1 heterocycles. The van der Waals surface area contributed by atoms with Crippen LogP contribution >= 0.6 is 31.9 Å². The lowest BCUT2D eigenvalue weighted by molar-refractivity contribution is -0.154. The Hall–Kier alpha value is -1.21. The van der Waals surface area contributed by atoms with E-state index in [4.69, 9.17) is 4.74 Å². The van der Waals surface area contributed by atoms with E-state index in [0.717, 1.165) is 6.42 Å². The molecule has 0 spiro atoms. The molecule has 1 saturated heterocycles. The van der Waals surface area contributed by atoms with E-state index >= 15 is 0 Å². The van der Waals surface area contributed by atoms with E-state index < -0.39 is 12.0 Å². The molecule has 3 fully saturated rings. The Kier molecular flexibility index (Phi) is 5.42. The summed E-state index contributed by atoms with van der Waals surface area (Å²) in [5, 5.41) is 0. The summed E-state index contributed by atoms with van der Waals surface area (Å²) in [6, 6.07) is 7.89. The van der Waals surface area contributed by atoms with Crippen LogP contribution in [-0.2, 0) is 14.4 Å². The van der Waals surface area contributed by atoms with Crippen molar-refractivity contribution in [2.24, 2.45) is 29.6 Å². The Morgan fingerprint density at radius 1 is 1.07 bits per heavy atom. The molecule has 1 aromatic carbocycles. The summed E-state index contributed by atoms with van der Waals surface area (Å²) in [7, 11) is 0. The van der Waals surface area contributed by atoms with Crippen LogP contribution in [0.15, 0.2) is 30.3 Å². The maximum atomic E-state index is 13.3. The van der Waals surface area contributed by atoms with Crippen molar-refractivity contribution < 1.29 is 19.1 Å². The summed E-state index contributed by atoms with van der Waals surface area (Å²) in [5.41, 5.74) is 0. The molecule has 5 nitrogen and oxygen atoms in total. The van der Waals surface area contributed by atoms with Gasteiger partial charge in [0.25, 0.3) is 0 Å². The van der Waals surface area contributed by atoms with Gasteiger partial charge in [-0.2, -0.15) is 0 Å². The predicted octanol–water partition coefficient (Wildman–Crippen LogP) is 3.78. The Bertz CT molecular complexity index is 767. The third-order valence-electron chi connectivity index (χ3n) is 6.26. The third-order valence-corrected chi connectivity index (χ3v) is 9.47. The van der Waals surface area contributed by atoms with Gasteiger partial charge in [0.05, 0.1) is 11.8 Å². The van der Waals surface area contributed by atoms with Crippen LogP contribution in [0, 0.1) is 29.6 Å². The van der Waals surface area contributed by atoms with Crippen LogP contribution < -0.4 is 4.74 Å². The number of hydrogen-bond acceptors (Lipinski definition) is 4. The molecule has 0 radical (unpaired) electrons. The van der Waals surface area contributed by atoms with Crippen LogP contribution in [0.2, 0.25) is 0 Å². The van der Waals surface area contributed by atoms with Crippen molar-refractivity contribution in [2.45, 2.75) is 42.4 Å². The smallest absolute Gasteiger partial charge is 0.334 e. The van der Waals surface area contributed by atoms with Gasteiger partial charge in [-0.3, -0.25) is 14.5 Å². The van der Waals surface area contributed by atoms with E-state index in [1.807, 2.05) is 19.9 Å². The van der Waals surface area contributed by atoms with Crippen LogP contribution in [0.5, 0.6) is 5.75 Å². The molecule has 3 aliphatic rings. The summed E-state index contributed by atoms with van der Waals surface area (Å²) in [6.07, 6.45) is 1.27. The van der Waals surface area contributed by atoms with E-state index in [2.05, 4.69) is 31.9 Å². The average molecular weight is 513 g/mol. The van der Waals surface area contributed by atoms with Gasteiger partial charge in [-0.05, 0) is 42.7 Å². The lowest BCUT2D eigenvalue weighted by Crippen LogP contribution is -2.48. The molecule has 1 aromatic rings. The first-order chi connectivity index (χ1) is 13.3. The van der Waals surface area contributed by atoms with Crippen molar-refractivity contribution in [2.75, 3.05) is 0 Å². The monoisotopic (exact) mass is 511 g/mol. The van der Waals surface area contributed by atoms with Crippen molar-refractivity contribution in [1.82, 2.24) is 4.90 Å². The molecule has 7 atom stereocenters. The van der Waals surface area contributed by atoms with E-state index in [9.17, 15) is 14.4 Å². The number of alkyl halides is 2. The zero-order valence-electron chi connectivity index (χ0n) is 15.8. The van der Waals surface area contributed by atoms with Crippen molar-refractivity contribution in [3.63, 3.8) is 0 Å². The van der Waals surface area contributed by atoms with Crippen molar-refractivity contribution in [3.05, 3.63) is 30.3 Å². The Morgan fingerprint density at radius 3 is 2.11 bits per heavy atom. The van der Waals surface area contributed by atoms with Gasteiger partial charge in [-0.15, -0.1) is 0 Å². The highest BCUT2D eigenvalue weighted by atomic mass is 79.9. The molecule has 2 aliphatic carbocycles. The normalized spacial score (nSPS) is 34.8. The molecule has 1 aliphatic heterocycles. The number of likely N-dealkylation sites (tertiary alicyclic amines) is 1. The van der Waals surface area contributed by atoms with Gasteiger partial charge in [-0.25, -0.2) is 4.79 Å². The van der Waals surface area contributed by atoms with Gasteiger partial charge >= 0.3 is 5.97 Å². The number of carbonyl (C=O) groups excluding carboxylic acids is 3. The number of halogens is 2. The first-order valence-corrected chi connectivity index (χ1v) is 11.6. The predicted molar refractivity (Wildman–Crippen MR) is 111 cm³/mol. The molecule has 0 unspecified atom stereocenters. The largest absolute Gasteiger partial charge is 0.425 e. The standard InChI is InChI=1S/C21H23Br2NO4/c1-10(2)8-14(21(27)28-11-6-4-3-5-7-11)24-19(25)15-12-9-13(16(15)20(24)26)18(23)17(12)22/h3-7,10,12-18H,8-9H2,1-2H3/t12-,13-,14+,15-,16-,17-,18+/m0/s1. The zero-order chi connectivity index (χ0) is 20.2. The fraction of sp³-hybridized carbons (Fsp3) is 0.571. The quantitative estimate of drug-likeness (QED) is 0.260. The first kappa shape index (κ1) is 20.1. The number of para-hydroxylation sites is 1. The second-order valence-corrected chi connectivity index (χ2v) is 10.5. The Labute approximate surface area is 181 Å². The number of rotatable bonds is 5. The molecule has 150 valence electrons. The lowest BCUT2D eigenvalue weighted by atomic mass is 9.81. The van der Waals surface area contributed by atoms with E-state index in [0.29, 0.717) is 12.2 Å². The number of amides is 2. The SMILES string of the molecule is CC(C)C[C@H](C(=O)Oc1ccccc1)N1C(=O)[C@H]2[C@@H]3C[C@H]([C@@H](Br)[C@H]3Br)[C@@H]2C1=O. The number of hydrogen-bond donors (Lipinski definition) is 0. The summed E-state index contributed by atoms with van der Waals surface area (Å²) in [5.74, 6) is -0.787. The van der Waals surface area contributed by atoms with Crippen LogP contribution in [0.3, 0.4) is 0 Å². The number of nitrogens with zero attached hydrogens (tertiary/aromatic N) is 1. The zero-order valence-corrected chi connectivity index (χ0v) is 18.9.